The third kappa shape index (κ3) is 4.27. The first kappa shape index (κ1) is 17.6. The zero-order chi connectivity index (χ0) is 16.9. The molecule has 1 aromatic carbocycles. The lowest BCUT2D eigenvalue weighted by molar-refractivity contribution is -0.147. The van der Waals surface area contributed by atoms with Crippen LogP contribution in [0.25, 0.3) is 0 Å². The molecule has 2 atom stereocenters. The molecule has 0 fully saturated rings. The van der Waals surface area contributed by atoms with Gasteiger partial charge in [0.2, 0.25) is 0 Å². The Kier molecular flexibility index (Phi) is 6.02. The second-order valence-corrected chi connectivity index (χ2v) is 4.43. The second kappa shape index (κ2) is 7.53. The molecule has 8 nitrogen and oxygen atoms in total. The summed E-state index contributed by atoms with van der Waals surface area (Å²) in [6.45, 7) is 1.68. The number of ether oxygens (including phenoxy) is 1. The number of benzene rings is 1. The van der Waals surface area contributed by atoms with Crippen LogP contribution in [0.1, 0.15) is 45.7 Å². The summed E-state index contributed by atoms with van der Waals surface area (Å²) in [6, 6.07) is 3.07. The fraction of sp³-hybridized carbons (Fsp3) is 0.357. The van der Waals surface area contributed by atoms with Crippen molar-refractivity contribution in [1.29, 1.82) is 0 Å². The minimum atomic E-state index is -1.67. The summed E-state index contributed by atoms with van der Waals surface area (Å²) >= 11 is 0. The molecule has 0 radical (unpaired) electrons. The summed E-state index contributed by atoms with van der Waals surface area (Å²) < 4.78 is 4.62. The normalized spacial score (nSPS) is 13.2. The van der Waals surface area contributed by atoms with Gasteiger partial charge < -0.3 is 25.2 Å². The Labute approximate surface area is 125 Å². The molecule has 0 aliphatic rings. The molecule has 0 aromatic heterocycles. The zero-order valence-corrected chi connectivity index (χ0v) is 11.7. The van der Waals surface area contributed by atoms with Crippen LogP contribution >= 0.6 is 0 Å². The quantitative estimate of drug-likeness (QED) is 0.531. The zero-order valence-electron chi connectivity index (χ0n) is 11.7. The van der Waals surface area contributed by atoms with Crippen LogP contribution in [0.3, 0.4) is 0 Å². The van der Waals surface area contributed by atoms with Crippen LogP contribution in [0, 0.1) is 0 Å². The van der Waals surface area contributed by atoms with Crippen LogP contribution in [-0.4, -0.2) is 51.0 Å². The van der Waals surface area contributed by atoms with Crippen LogP contribution in [0.2, 0.25) is 0 Å². The van der Waals surface area contributed by atoms with Crippen LogP contribution in [0.4, 0.5) is 0 Å². The van der Waals surface area contributed by atoms with Gasteiger partial charge in [-0.05, 0) is 24.6 Å². The van der Waals surface area contributed by atoms with Crippen LogP contribution < -0.4 is 0 Å². The lowest BCUT2D eigenvalue weighted by Gasteiger charge is -2.19. The van der Waals surface area contributed by atoms with Gasteiger partial charge in [0.25, 0.3) is 0 Å². The van der Waals surface area contributed by atoms with E-state index in [0.29, 0.717) is 0 Å². The summed E-state index contributed by atoms with van der Waals surface area (Å²) in [5, 5.41) is 37.7. The smallest absolute Gasteiger partial charge is 0.336 e. The first-order chi connectivity index (χ1) is 10.3. The molecule has 120 valence electrons. The van der Waals surface area contributed by atoms with E-state index in [-0.39, 0.29) is 17.7 Å². The largest absolute Gasteiger partial charge is 0.478 e. The predicted octanol–water partition coefficient (Wildman–Crippen LogP) is 0.431. The van der Waals surface area contributed by atoms with Crippen molar-refractivity contribution in [1.82, 2.24) is 0 Å². The highest BCUT2D eigenvalue weighted by molar-refractivity contribution is 5.95. The van der Waals surface area contributed by atoms with Crippen LogP contribution in [0.15, 0.2) is 18.2 Å². The van der Waals surface area contributed by atoms with Crippen molar-refractivity contribution < 1.29 is 39.5 Å². The number of hydrogen-bond acceptors (Lipinski definition) is 6. The van der Waals surface area contributed by atoms with Gasteiger partial charge in [-0.25, -0.2) is 9.59 Å². The molecule has 1 aromatic rings. The summed E-state index contributed by atoms with van der Waals surface area (Å²) in [5.74, 6) is -3.52. The summed E-state index contributed by atoms with van der Waals surface area (Å²) in [6.07, 6.45) is -3.76. The maximum atomic E-state index is 11.3. The standard InChI is InChI=1S/C14H16O8/c1-2-22-11(16)6-10(15)12(17)8-4-3-7(13(18)19)5-9(8)14(20)21/h3-5,10,12,15,17H,2,6H2,1H3,(H,18,19)(H,20,21). The number of aromatic carboxylic acids is 2. The molecule has 0 heterocycles. The van der Waals surface area contributed by atoms with Crippen LogP contribution in [0.5, 0.6) is 0 Å². The lowest BCUT2D eigenvalue weighted by Crippen LogP contribution is -2.24. The molecule has 2 unspecified atom stereocenters. The predicted molar refractivity (Wildman–Crippen MR) is 72.6 cm³/mol. The van der Waals surface area contributed by atoms with Gasteiger partial charge in [-0.15, -0.1) is 0 Å². The van der Waals surface area contributed by atoms with Gasteiger partial charge >= 0.3 is 17.9 Å². The van der Waals surface area contributed by atoms with Gasteiger partial charge in [0.15, 0.2) is 0 Å². The first-order valence-corrected chi connectivity index (χ1v) is 6.40. The van der Waals surface area contributed by atoms with E-state index in [9.17, 15) is 24.6 Å². The van der Waals surface area contributed by atoms with E-state index in [1.54, 1.807) is 6.92 Å². The summed E-state index contributed by atoms with van der Waals surface area (Å²) in [4.78, 5) is 33.3. The summed E-state index contributed by atoms with van der Waals surface area (Å²) in [5.41, 5.74) is -0.919. The van der Waals surface area contributed by atoms with E-state index in [1.807, 2.05) is 0 Å². The van der Waals surface area contributed by atoms with E-state index >= 15 is 0 Å². The van der Waals surface area contributed by atoms with Gasteiger partial charge in [0.1, 0.15) is 6.10 Å². The molecular formula is C14H16O8. The highest BCUT2D eigenvalue weighted by atomic mass is 16.5. The van der Waals surface area contributed by atoms with Gasteiger partial charge in [-0.3, -0.25) is 4.79 Å². The van der Waals surface area contributed by atoms with Crippen molar-refractivity contribution in [3.05, 3.63) is 34.9 Å². The first-order valence-electron chi connectivity index (χ1n) is 6.40. The number of carboxylic acid groups (broad SMARTS) is 2. The topological polar surface area (TPSA) is 141 Å². The average Bonchev–Trinajstić information content (AvgIpc) is 2.45. The Morgan fingerprint density at radius 1 is 1.14 bits per heavy atom. The molecule has 1 rings (SSSR count). The molecule has 0 spiro atoms. The Balaban J connectivity index is 3.06. The molecule has 22 heavy (non-hydrogen) atoms. The minimum Gasteiger partial charge on any atom is -0.478 e. The molecule has 0 saturated heterocycles. The highest BCUT2D eigenvalue weighted by Gasteiger charge is 2.26. The second-order valence-electron chi connectivity index (χ2n) is 4.43. The molecular weight excluding hydrogens is 296 g/mol. The molecule has 0 aliphatic carbocycles. The van der Waals surface area contributed by atoms with Crippen molar-refractivity contribution in [2.75, 3.05) is 6.61 Å². The Hall–Kier alpha value is -2.45. The number of hydrogen-bond donors (Lipinski definition) is 4. The highest BCUT2D eigenvalue weighted by Crippen LogP contribution is 2.24. The third-order valence-electron chi connectivity index (χ3n) is 2.89. The Morgan fingerprint density at radius 2 is 1.77 bits per heavy atom. The third-order valence-corrected chi connectivity index (χ3v) is 2.89. The molecule has 0 bridgehead atoms. The van der Waals surface area contributed by atoms with E-state index in [0.717, 1.165) is 18.2 Å². The molecule has 0 aliphatic heterocycles. The molecule has 0 saturated carbocycles. The van der Waals surface area contributed by atoms with E-state index < -0.39 is 42.1 Å². The van der Waals surface area contributed by atoms with Crippen molar-refractivity contribution in [3.8, 4) is 0 Å². The molecule has 0 amide bonds. The Bertz CT molecular complexity index is 580. The summed E-state index contributed by atoms with van der Waals surface area (Å²) in [7, 11) is 0. The van der Waals surface area contributed by atoms with E-state index in [1.165, 1.54) is 0 Å². The number of carboxylic acids is 2. The Morgan fingerprint density at radius 3 is 2.27 bits per heavy atom. The van der Waals surface area contributed by atoms with Gasteiger partial charge in [-0.1, -0.05) is 6.07 Å². The maximum Gasteiger partial charge on any atom is 0.336 e. The monoisotopic (exact) mass is 312 g/mol. The van der Waals surface area contributed by atoms with E-state index in [4.69, 9.17) is 10.2 Å². The average molecular weight is 312 g/mol. The number of rotatable bonds is 7. The van der Waals surface area contributed by atoms with Crippen LogP contribution in [-0.2, 0) is 9.53 Å². The molecule has 8 heteroatoms. The van der Waals surface area contributed by atoms with Crippen molar-refractivity contribution in [2.24, 2.45) is 0 Å². The fourth-order valence-corrected chi connectivity index (χ4v) is 1.84. The van der Waals surface area contributed by atoms with E-state index in [2.05, 4.69) is 4.74 Å². The number of carbonyl (C=O) groups is 3. The van der Waals surface area contributed by atoms with Crippen molar-refractivity contribution in [3.63, 3.8) is 0 Å². The minimum absolute atomic E-state index is 0.106. The SMILES string of the molecule is CCOC(=O)CC(O)C(O)c1ccc(C(=O)O)cc1C(=O)O. The van der Waals surface area contributed by atoms with Gasteiger partial charge in [-0.2, -0.15) is 0 Å². The fourth-order valence-electron chi connectivity index (χ4n) is 1.84. The number of esters is 1. The maximum absolute atomic E-state index is 11.3. The lowest BCUT2D eigenvalue weighted by atomic mass is 9.95. The number of aliphatic hydroxyl groups is 2. The van der Waals surface area contributed by atoms with Gasteiger partial charge in [0.05, 0.1) is 30.3 Å². The number of aliphatic hydroxyl groups excluding tert-OH is 2. The molecule has 4 N–H and O–H groups in total. The van der Waals surface area contributed by atoms with Crippen molar-refractivity contribution in [2.45, 2.75) is 25.6 Å². The van der Waals surface area contributed by atoms with Gasteiger partial charge in [0, 0.05) is 0 Å². The van der Waals surface area contributed by atoms with Crippen molar-refractivity contribution >= 4 is 17.9 Å². The number of carbonyl (C=O) groups excluding carboxylic acids is 1.